The van der Waals surface area contributed by atoms with Gasteiger partial charge in [-0.2, -0.15) is 0 Å². The zero-order valence-electron chi connectivity index (χ0n) is 10.6. The van der Waals surface area contributed by atoms with Crippen molar-refractivity contribution in [2.75, 3.05) is 11.9 Å². The first kappa shape index (κ1) is 13.6. The Morgan fingerprint density at radius 2 is 2.32 bits per heavy atom. The van der Waals surface area contributed by atoms with E-state index in [-0.39, 0.29) is 5.91 Å². The zero-order valence-corrected chi connectivity index (χ0v) is 11.3. The topological polar surface area (TPSA) is 72.9 Å². The molecule has 0 unspecified atom stereocenters. The Kier molecular flexibility index (Phi) is 4.19. The van der Waals surface area contributed by atoms with Crippen LogP contribution in [0.4, 0.5) is 5.69 Å². The maximum absolute atomic E-state index is 12.0. The molecule has 1 aromatic heterocycles. The van der Waals surface area contributed by atoms with E-state index in [1.54, 1.807) is 29.2 Å². The number of rotatable bonds is 4. The molecule has 1 amide bonds. The van der Waals surface area contributed by atoms with E-state index in [9.17, 15) is 4.79 Å². The van der Waals surface area contributed by atoms with Gasteiger partial charge in [0.2, 0.25) is 0 Å². The highest BCUT2D eigenvalue weighted by Crippen LogP contribution is 2.20. The summed E-state index contributed by atoms with van der Waals surface area (Å²) in [4.78, 5) is 16.1. The quantitative estimate of drug-likeness (QED) is 0.899. The summed E-state index contributed by atoms with van der Waals surface area (Å²) >= 11 is 5.91. The lowest BCUT2D eigenvalue weighted by Crippen LogP contribution is -2.13. The van der Waals surface area contributed by atoms with Gasteiger partial charge < -0.3 is 15.6 Å². The molecule has 0 aliphatic heterocycles. The van der Waals surface area contributed by atoms with Crippen molar-refractivity contribution in [1.29, 1.82) is 0 Å². The van der Waals surface area contributed by atoms with Crippen molar-refractivity contribution in [1.82, 2.24) is 9.55 Å². The van der Waals surface area contributed by atoms with E-state index < -0.39 is 0 Å². The van der Waals surface area contributed by atoms with Crippen molar-refractivity contribution in [2.45, 2.75) is 13.5 Å². The van der Waals surface area contributed by atoms with E-state index in [2.05, 4.69) is 10.3 Å². The van der Waals surface area contributed by atoms with E-state index in [4.69, 9.17) is 17.3 Å². The Morgan fingerprint density at radius 1 is 1.53 bits per heavy atom. The number of nitrogens with zero attached hydrogens (tertiary/aromatic N) is 2. The van der Waals surface area contributed by atoms with E-state index in [1.165, 1.54) is 0 Å². The van der Waals surface area contributed by atoms with Gasteiger partial charge in [-0.05, 0) is 24.6 Å². The molecule has 0 radical (unpaired) electrons. The highest BCUT2D eigenvalue weighted by Gasteiger charge is 2.11. The smallest absolute Gasteiger partial charge is 0.275 e. The number of halogens is 1. The average molecular weight is 279 g/mol. The monoisotopic (exact) mass is 278 g/mol. The van der Waals surface area contributed by atoms with E-state index in [0.29, 0.717) is 29.5 Å². The molecule has 1 aromatic carbocycles. The molecule has 5 nitrogen and oxygen atoms in total. The van der Waals surface area contributed by atoms with Crippen molar-refractivity contribution in [3.05, 3.63) is 47.0 Å². The molecule has 0 fully saturated rings. The molecule has 3 N–H and O–H groups in total. The van der Waals surface area contributed by atoms with Crippen LogP contribution in [0, 0.1) is 6.92 Å². The van der Waals surface area contributed by atoms with Gasteiger partial charge in [-0.15, -0.1) is 0 Å². The third kappa shape index (κ3) is 3.33. The van der Waals surface area contributed by atoms with E-state index in [1.807, 2.05) is 13.0 Å². The van der Waals surface area contributed by atoms with Crippen LogP contribution < -0.4 is 11.1 Å². The molecule has 0 saturated heterocycles. The predicted octanol–water partition coefficient (Wildman–Crippen LogP) is 2.06. The first-order chi connectivity index (χ1) is 9.10. The summed E-state index contributed by atoms with van der Waals surface area (Å²) in [7, 11) is 0. The summed E-state index contributed by atoms with van der Waals surface area (Å²) in [5, 5.41) is 3.37. The Bertz CT molecular complexity index is 594. The van der Waals surface area contributed by atoms with Crippen LogP contribution in [0.3, 0.4) is 0 Å². The molecule has 19 heavy (non-hydrogen) atoms. The minimum absolute atomic E-state index is 0.263. The highest BCUT2D eigenvalue weighted by molar-refractivity contribution is 6.31. The molecule has 0 bridgehead atoms. The Hall–Kier alpha value is -1.85. The number of benzene rings is 1. The molecule has 2 aromatic rings. The molecule has 0 aliphatic rings. The lowest BCUT2D eigenvalue weighted by molar-refractivity contribution is 0.102. The second-order valence-electron chi connectivity index (χ2n) is 4.20. The highest BCUT2D eigenvalue weighted by atomic mass is 35.5. The van der Waals surface area contributed by atoms with Crippen LogP contribution >= 0.6 is 11.6 Å². The number of hydrogen-bond donors (Lipinski definition) is 2. The van der Waals surface area contributed by atoms with E-state index in [0.717, 1.165) is 5.56 Å². The third-order valence-electron chi connectivity index (χ3n) is 2.70. The Morgan fingerprint density at radius 3 is 3.05 bits per heavy atom. The van der Waals surface area contributed by atoms with Crippen molar-refractivity contribution < 1.29 is 4.79 Å². The van der Waals surface area contributed by atoms with Gasteiger partial charge in [0.15, 0.2) is 0 Å². The zero-order chi connectivity index (χ0) is 13.8. The number of aryl methyl sites for hydroxylation is 1. The molecule has 0 aliphatic carbocycles. The first-order valence-electron chi connectivity index (χ1n) is 5.89. The summed E-state index contributed by atoms with van der Waals surface area (Å²) in [6.45, 7) is 3.04. The summed E-state index contributed by atoms with van der Waals surface area (Å²) in [5.41, 5.74) is 7.43. The molecule has 2 rings (SSSR count). The van der Waals surface area contributed by atoms with Crippen LogP contribution in [0.1, 0.15) is 16.1 Å². The fourth-order valence-electron chi connectivity index (χ4n) is 1.66. The van der Waals surface area contributed by atoms with Gasteiger partial charge in [0, 0.05) is 30.0 Å². The number of anilines is 1. The second-order valence-corrected chi connectivity index (χ2v) is 4.64. The van der Waals surface area contributed by atoms with Crippen molar-refractivity contribution >= 4 is 23.2 Å². The number of carbonyl (C=O) groups is 1. The molecule has 0 atom stereocenters. The number of hydrogen-bond acceptors (Lipinski definition) is 3. The number of aromatic nitrogens is 2. The van der Waals surface area contributed by atoms with E-state index >= 15 is 0 Å². The third-order valence-corrected chi connectivity index (χ3v) is 2.94. The van der Waals surface area contributed by atoms with Gasteiger partial charge in [-0.25, -0.2) is 4.98 Å². The summed E-state index contributed by atoms with van der Waals surface area (Å²) < 4.78 is 1.78. The SMILES string of the molecule is Cc1ccc(Cl)cc1NC(=O)c1cn(CCN)cn1. The van der Waals surface area contributed by atoms with Crippen molar-refractivity contribution in [3.63, 3.8) is 0 Å². The minimum atomic E-state index is -0.263. The Balaban J connectivity index is 2.13. The first-order valence-corrected chi connectivity index (χ1v) is 6.27. The van der Waals surface area contributed by atoms with Crippen LogP contribution in [0.25, 0.3) is 0 Å². The van der Waals surface area contributed by atoms with Gasteiger partial charge in [0.05, 0.1) is 6.33 Å². The number of imidazole rings is 1. The van der Waals surface area contributed by atoms with Crippen molar-refractivity contribution in [2.24, 2.45) is 5.73 Å². The number of nitrogens with one attached hydrogen (secondary N) is 1. The molecule has 1 heterocycles. The summed E-state index contributed by atoms with van der Waals surface area (Å²) in [6, 6.07) is 5.35. The van der Waals surface area contributed by atoms with Gasteiger partial charge in [-0.1, -0.05) is 17.7 Å². The summed E-state index contributed by atoms with van der Waals surface area (Å²) in [5.74, 6) is -0.263. The molecular weight excluding hydrogens is 264 g/mol. The standard InChI is InChI=1S/C13H15ClN4O/c1-9-2-3-10(14)6-11(9)17-13(19)12-7-18(5-4-15)8-16-12/h2-3,6-8H,4-5,15H2,1H3,(H,17,19). The van der Waals surface area contributed by atoms with Crippen LogP contribution in [0.5, 0.6) is 0 Å². The lowest BCUT2D eigenvalue weighted by atomic mass is 10.2. The van der Waals surface area contributed by atoms with Crippen LogP contribution in [-0.2, 0) is 6.54 Å². The fourth-order valence-corrected chi connectivity index (χ4v) is 1.84. The molecule has 100 valence electrons. The largest absolute Gasteiger partial charge is 0.335 e. The maximum Gasteiger partial charge on any atom is 0.275 e. The van der Waals surface area contributed by atoms with Gasteiger partial charge >= 0.3 is 0 Å². The van der Waals surface area contributed by atoms with Crippen LogP contribution in [0.15, 0.2) is 30.7 Å². The fraction of sp³-hybridized carbons (Fsp3) is 0.231. The number of carbonyl (C=O) groups excluding carboxylic acids is 1. The van der Waals surface area contributed by atoms with Crippen LogP contribution in [0.2, 0.25) is 5.02 Å². The molecule has 6 heteroatoms. The summed E-state index contributed by atoms with van der Waals surface area (Å²) in [6.07, 6.45) is 3.26. The molecule has 0 spiro atoms. The predicted molar refractivity (Wildman–Crippen MR) is 75.4 cm³/mol. The normalized spacial score (nSPS) is 10.5. The number of amides is 1. The van der Waals surface area contributed by atoms with Crippen molar-refractivity contribution in [3.8, 4) is 0 Å². The van der Waals surface area contributed by atoms with Gasteiger partial charge in [0.1, 0.15) is 5.69 Å². The second kappa shape index (κ2) is 5.86. The number of nitrogens with two attached hydrogens (primary N) is 1. The maximum atomic E-state index is 12.0. The Labute approximate surface area is 116 Å². The lowest BCUT2D eigenvalue weighted by Gasteiger charge is -2.07. The average Bonchev–Trinajstić information content (AvgIpc) is 2.83. The molecular formula is C13H15ClN4O. The van der Waals surface area contributed by atoms with Gasteiger partial charge in [-0.3, -0.25) is 4.79 Å². The van der Waals surface area contributed by atoms with Crippen LogP contribution in [-0.4, -0.2) is 22.0 Å². The minimum Gasteiger partial charge on any atom is -0.335 e. The molecule has 0 saturated carbocycles. The van der Waals surface area contributed by atoms with Gasteiger partial charge in [0.25, 0.3) is 5.91 Å².